The molecule has 1 aromatic rings. The molecular formula is C20H26FN3O3S. The summed E-state index contributed by atoms with van der Waals surface area (Å²) in [4.78, 5) is 40.7. The Balaban J connectivity index is 1.37. The van der Waals surface area contributed by atoms with Gasteiger partial charge in [-0.1, -0.05) is 23.9 Å². The van der Waals surface area contributed by atoms with Crippen LogP contribution in [-0.4, -0.2) is 77.3 Å². The second-order valence-corrected chi connectivity index (χ2v) is 8.40. The van der Waals surface area contributed by atoms with Crippen molar-refractivity contribution in [3.8, 4) is 0 Å². The summed E-state index contributed by atoms with van der Waals surface area (Å²) >= 11 is 0.949. The molecule has 2 heterocycles. The minimum atomic E-state index is -0.332. The van der Waals surface area contributed by atoms with E-state index in [1.807, 2.05) is 12.1 Å². The summed E-state index contributed by atoms with van der Waals surface area (Å²) in [5.41, 5.74) is 1.14. The average molecular weight is 408 g/mol. The predicted molar refractivity (Wildman–Crippen MR) is 106 cm³/mol. The fraction of sp³-hybridized carbons (Fsp3) is 0.550. The number of benzene rings is 1. The van der Waals surface area contributed by atoms with Gasteiger partial charge in [-0.15, -0.1) is 0 Å². The lowest BCUT2D eigenvalue weighted by atomic mass is 9.96. The summed E-state index contributed by atoms with van der Waals surface area (Å²) in [5.74, 6) is -0.128. The molecule has 8 heteroatoms. The van der Waals surface area contributed by atoms with Crippen molar-refractivity contribution >= 4 is 28.8 Å². The number of thioether (sulfide) groups is 1. The number of likely N-dealkylation sites (N-methyl/N-ethyl adjacent to an activating group) is 1. The average Bonchev–Trinajstić information content (AvgIpc) is 3.00. The van der Waals surface area contributed by atoms with Crippen LogP contribution in [-0.2, 0) is 16.0 Å². The minimum Gasteiger partial charge on any atom is -0.344 e. The molecular weight excluding hydrogens is 381 g/mol. The number of piperidine rings is 1. The summed E-state index contributed by atoms with van der Waals surface area (Å²) in [5, 5.41) is -0.332. The molecule has 3 rings (SSSR count). The van der Waals surface area contributed by atoms with Gasteiger partial charge in [-0.05, 0) is 56.0 Å². The Bertz CT molecular complexity index is 704. The van der Waals surface area contributed by atoms with Crippen LogP contribution >= 0.6 is 11.8 Å². The van der Waals surface area contributed by atoms with E-state index in [0.717, 1.165) is 61.1 Å². The van der Waals surface area contributed by atoms with Gasteiger partial charge in [0.05, 0.1) is 5.75 Å². The highest BCUT2D eigenvalue weighted by atomic mass is 32.2. The summed E-state index contributed by atoms with van der Waals surface area (Å²) in [6, 6.07) is 6.65. The van der Waals surface area contributed by atoms with Gasteiger partial charge in [0.25, 0.3) is 5.24 Å². The summed E-state index contributed by atoms with van der Waals surface area (Å²) in [7, 11) is 1.74. The maximum atomic E-state index is 13.0. The lowest BCUT2D eigenvalue weighted by molar-refractivity contribution is -0.136. The number of carbonyl (C=O) groups is 3. The molecule has 0 spiro atoms. The van der Waals surface area contributed by atoms with E-state index >= 15 is 0 Å². The van der Waals surface area contributed by atoms with Gasteiger partial charge in [-0.2, -0.15) is 0 Å². The highest BCUT2D eigenvalue weighted by Gasteiger charge is 2.32. The van der Waals surface area contributed by atoms with E-state index in [2.05, 4.69) is 4.90 Å². The lowest BCUT2D eigenvalue weighted by Gasteiger charge is -2.34. The highest BCUT2D eigenvalue weighted by Crippen LogP contribution is 2.20. The Kier molecular flexibility index (Phi) is 7.07. The van der Waals surface area contributed by atoms with E-state index in [1.165, 1.54) is 12.1 Å². The van der Waals surface area contributed by atoms with Crippen LogP contribution in [0.4, 0.5) is 9.18 Å². The first kappa shape index (κ1) is 20.8. The van der Waals surface area contributed by atoms with Gasteiger partial charge in [0.15, 0.2) is 0 Å². The monoisotopic (exact) mass is 407 g/mol. The number of likely N-dealkylation sites (tertiary alicyclic amines) is 1. The Morgan fingerprint density at radius 3 is 2.50 bits per heavy atom. The minimum absolute atomic E-state index is 0.131. The van der Waals surface area contributed by atoms with Crippen LogP contribution in [0.15, 0.2) is 24.3 Å². The third kappa shape index (κ3) is 5.54. The zero-order valence-corrected chi connectivity index (χ0v) is 16.9. The second kappa shape index (κ2) is 9.52. The van der Waals surface area contributed by atoms with Crippen LogP contribution in [0.5, 0.6) is 0 Å². The van der Waals surface area contributed by atoms with Gasteiger partial charge in [-0.3, -0.25) is 19.3 Å². The molecule has 1 aromatic carbocycles. The first-order chi connectivity index (χ1) is 13.4. The molecule has 3 amide bonds. The Morgan fingerprint density at radius 1 is 1.21 bits per heavy atom. The molecule has 0 N–H and O–H groups in total. The third-order valence-corrected chi connectivity index (χ3v) is 6.29. The van der Waals surface area contributed by atoms with E-state index in [1.54, 1.807) is 11.9 Å². The van der Waals surface area contributed by atoms with Gasteiger partial charge >= 0.3 is 0 Å². The van der Waals surface area contributed by atoms with E-state index in [0.29, 0.717) is 12.5 Å². The topological polar surface area (TPSA) is 60.9 Å². The molecule has 2 aliphatic heterocycles. The fourth-order valence-electron chi connectivity index (χ4n) is 3.61. The van der Waals surface area contributed by atoms with Crippen molar-refractivity contribution in [2.45, 2.75) is 19.3 Å². The maximum Gasteiger partial charge on any atom is 0.289 e. The molecule has 152 valence electrons. The zero-order chi connectivity index (χ0) is 20.1. The molecule has 0 unspecified atom stereocenters. The van der Waals surface area contributed by atoms with Gasteiger partial charge in [0.1, 0.15) is 12.4 Å². The van der Waals surface area contributed by atoms with Crippen molar-refractivity contribution in [3.05, 3.63) is 35.6 Å². The summed E-state index contributed by atoms with van der Waals surface area (Å²) in [6.45, 7) is 3.40. The van der Waals surface area contributed by atoms with E-state index < -0.39 is 0 Å². The molecule has 0 bridgehead atoms. The SMILES string of the molecule is CN(CC1CCN(CCc2ccc(F)cc2)CC1)C(=O)CN1C(=O)CSC1=O. The zero-order valence-electron chi connectivity index (χ0n) is 16.1. The fourth-order valence-corrected chi connectivity index (χ4v) is 4.33. The van der Waals surface area contributed by atoms with Crippen LogP contribution in [0, 0.1) is 11.7 Å². The van der Waals surface area contributed by atoms with Crippen LogP contribution in [0.1, 0.15) is 18.4 Å². The molecule has 2 fully saturated rings. The molecule has 0 aliphatic carbocycles. The molecule has 0 saturated carbocycles. The van der Waals surface area contributed by atoms with E-state index in [9.17, 15) is 18.8 Å². The number of halogens is 1. The highest BCUT2D eigenvalue weighted by molar-refractivity contribution is 8.14. The van der Waals surface area contributed by atoms with Crippen molar-refractivity contribution in [1.82, 2.24) is 14.7 Å². The molecule has 6 nitrogen and oxygen atoms in total. The summed E-state index contributed by atoms with van der Waals surface area (Å²) in [6.07, 6.45) is 2.93. The molecule has 2 saturated heterocycles. The number of rotatable bonds is 7. The standard InChI is InChI=1S/C20H26FN3O3S/c1-22(18(25)13-24-19(26)14-28-20(24)27)12-16-7-10-23(11-8-16)9-6-15-2-4-17(21)5-3-15/h2-5,16H,6-14H2,1H3. The number of carbonyl (C=O) groups excluding carboxylic acids is 3. The van der Waals surface area contributed by atoms with Gasteiger partial charge in [0, 0.05) is 20.1 Å². The Morgan fingerprint density at radius 2 is 1.89 bits per heavy atom. The lowest BCUT2D eigenvalue weighted by Crippen LogP contribution is -2.44. The molecule has 0 atom stereocenters. The van der Waals surface area contributed by atoms with Crippen LogP contribution in [0.2, 0.25) is 0 Å². The van der Waals surface area contributed by atoms with Crippen molar-refractivity contribution in [2.75, 3.05) is 45.5 Å². The number of nitrogens with zero attached hydrogens (tertiary/aromatic N) is 3. The maximum absolute atomic E-state index is 13.0. The first-order valence-corrected chi connectivity index (χ1v) is 10.6. The number of hydrogen-bond acceptors (Lipinski definition) is 5. The third-order valence-electron chi connectivity index (χ3n) is 5.43. The quantitative estimate of drug-likeness (QED) is 0.694. The van der Waals surface area contributed by atoms with Crippen LogP contribution in [0.25, 0.3) is 0 Å². The largest absolute Gasteiger partial charge is 0.344 e. The van der Waals surface area contributed by atoms with Gasteiger partial charge in [0.2, 0.25) is 11.8 Å². The second-order valence-electron chi connectivity index (χ2n) is 7.47. The normalized spacial score (nSPS) is 18.7. The molecule has 0 aromatic heterocycles. The van der Waals surface area contributed by atoms with E-state index in [-0.39, 0.29) is 35.2 Å². The number of amides is 3. The van der Waals surface area contributed by atoms with Gasteiger partial charge in [-0.25, -0.2) is 4.39 Å². The predicted octanol–water partition coefficient (Wildman–Crippen LogP) is 2.23. The Labute approximate surface area is 169 Å². The van der Waals surface area contributed by atoms with Crippen LogP contribution < -0.4 is 0 Å². The molecule has 0 radical (unpaired) electrons. The molecule has 2 aliphatic rings. The van der Waals surface area contributed by atoms with Crippen molar-refractivity contribution in [1.29, 1.82) is 0 Å². The number of hydrogen-bond donors (Lipinski definition) is 0. The smallest absolute Gasteiger partial charge is 0.289 e. The first-order valence-electron chi connectivity index (χ1n) is 9.60. The molecule has 28 heavy (non-hydrogen) atoms. The number of imide groups is 1. The Hall–Kier alpha value is -1.93. The van der Waals surface area contributed by atoms with Gasteiger partial charge < -0.3 is 9.80 Å². The van der Waals surface area contributed by atoms with Crippen molar-refractivity contribution in [3.63, 3.8) is 0 Å². The van der Waals surface area contributed by atoms with E-state index in [4.69, 9.17) is 0 Å². The van der Waals surface area contributed by atoms with Crippen molar-refractivity contribution in [2.24, 2.45) is 5.92 Å². The summed E-state index contributed by atoms with van der Waals surface area (Å²) < 4.78 is 13.0. The van der Waals surface area contributed by atoms with Crippen LogP contribution in [0.3, 0.4) is 0 Å². The van der Waals surface area contributed by atoms with Crippen molar-refractivity contribution < 1.29 is 18.8 Å².